The Balaban J connectivity index is 1.63. The largest absolute Gasteiger partial charge is 0.421 e. The molecule has 3 aliphatic rings. The third-order valence-electron chi connectivity index (χ3n) is 7.59. The molecule has 1 aromatic carbocycles. The second kappa shape index (κ2) is 10.9. The predicted molar refractivity (Wildman–Crippen MR) is 148 cm³/mol. The molecular weight excluding hydrogens is 575 g/mol. The Kier molecular flexibility index (Phi) is 8.39. The van der Waals surface area contributed by atoms with Gasteiger partial charge in [0.15, 0.2) is 15.4 Å². The zero-order valence-electron chi connectivity index (χ0n) is 21.6. The molecule has 216 valence electrons. The van der Waals surface area contributed by atoms with Gasteiger partial charge in [-0.25, -0.2) is 16.8 Å². The van der Waals surface area contributed by atoms with Gasteiger partial charge in [0, 0.05) is 55.7 Å². The van der Waals surface area contributed by atoms with Crippen molar-refractivity contribution in [1.82, 2.24) is 9.21 Å². The average Bonchev–Trinajstić information content (AvgIpc) is 2.85. The van der Waals surface area contributed by atoms with Crippen molar-refractivity contribution in [3.05, 3.63) is 53.0 Å². The Morgan fingerprint density at radius 3 is 2.38 bits per heavy atom. The molecule has 0 amide bonds. The summed E-state index contributed by atoms with van der Waals surface area (Å²) in [6.45, 7) is 3.64. The third kappa shape index (κ3) is 6.25. The number of nitrogens with zero attached hydrogens (tertiary/aromatic N) is 3. The van der Waals surface area contributed by atoms with E-state index in [1.165, 1.54) is 34.6 Å². The number of sulfone groups is 1. The van der Waals surface area contributed by atoms with E-state index in [0.717, 1.165) is 0 Å². The second-order valence-corrected chi connectivity index (χ2v) is 15.0. The molecule has 2 fully saturated rings. The zero-order chi connectivity index (χ0) is 28.8. The molecule has 2 saturated heterocycles. The van der Waals surface area contributed by atoms with Crippen LogP contribution in [0.4, 0.5) is 18.9 Å². The number of aliphatic hydroxyl groups is 1. The molecular formula is C25H32F3N3O5S3. The Morgan fingerprint density at radius 1 is 1.13 bits per heavy atom. The topological polar surface area (TPSA) is 98.2 Å². The number of sulfonamides is 1. The number of piperazine rings is 1. The first-order valence-electron chi connectivity index (χ1n) is 12.5. The molecule has 4 rings (SSSR count). The van der Waals surface area contributed by atoms with Gasteiger partial charge >= 0.3 is 6.18 Å². The highest BCUT2D eigenvalue weighted by Gasteiger charge is 2.51. The molecule has 1 aliphatic carbocycles. The minimum absolute atomic E-state index is 0.000780. The van der Waals surface area contributed by atoms with Gasteiger partial charge in [-0.3, -0.25) is 4.90 Å². The second-order valence-electron chi connectivity index (χ2n) is 10.4. The van der Waals surface area contributed by atoms with Crippen molar-refractivity contribution in [2.75, 3.05) is 49.1 Å². The maximum atomic E-state index is 13.5. The zero-order valence-corrected chi connectivity index (χ0v) is 24.1. The molecule has 0 saturated carbocycles. The van der Waals surface area contributed by atoms with Gasteiger partial charge < -0.3 is 10.0 Å². The number of hydrogen-bond acceptors (Lipinski definition) is 8. The van der Waals surface area contributed by atoms with Crippen molar-refractivity contribution in [2.24, 2.45) is 0 Å². The fourth-order valence-electron chi connectivity index (χ4n) is 5.15. The Bertz CT molecular complexity index is 1370. The number of halogens is 3. The van der Waals surface area contributed by atoms with Crippen LogP contribution in [0.2, 0.25) is 0 Å². The van der Waals surface area contributed by atoms with Gasteiger partial charge in [0.05, 0.1) is 22.5 Å². The van der Waals surface area contributed by atoms with Crippen LogP contribution in [0.3, 0.4) is 0 Å². The van der Waals surface area contributed by atoms with Crippen LogP contribution in [-0.2, 0) is 25.5 Å². The van der Waals surface area contributed by atoms with Crippen LogP contribution in [0.15, 0.2) is 47.4 Å². The van der Waals surface area contributed by atoms with Crippen LogP contribution >= 0.6 is 12.2 Å². The van der Waals surface area contributed by atoms with E-state index in [1.807, 2.05) is 16.7 Å². The van der Waals surface area contributed by atoms with Gasteiger partial charge in [0.2, 0.25) is 10.0 Å². The quantitative estimate of drug-likeness (QED) is 0.493. The van der Waals surface area contributed by atoms with E-state index in [-0.39, 0.29) is 47.7 Å². The molecule has 2 aliphatic heterocycles. The minimum atomic E-state index is -4.86. The molecule has 0 spiro atoms. The Morgan fingerprint density at radius 2 is 1.79 bits per heavy atom. The predicted octanol–water partition coefficient (Wildman–Crippen LogP) is 2.61. The smallest absolute Gasteiger partial charge is 0.376 e. The summed E-state index contributed by atoms with van der Waals surface area (Å²) in [4.78, 5) is 4.36. The van der Waals surface area contributed by atoms with E-state index in [0.29, 0.717) is 37.0 Å². The van der Waals surface area contributed by atoms with Crippen LogP contribution in [0.5, 0.6) is 0 Å². The molecule has 39 heavy (non-hydrogen) atoms. The van der Waals surface area contributed by atoms with Crippen molar-refractivity contribution in [3.63, 3.8) is 0 Å². The van der Waals surface area contributed by atoms with E-state index in [4.69, 9.17) is 12.2 Å². The summed E-state index contributed by atoms with van der Waals surface area (Å²) in [5.41, 5.74) is -2.75. The van der Waals surface area contributed by atoms with E-state index < -0.39 is 37.7 Å². The van der Waals surface area contributed by atoms with E-state index in [1.54, 1.807) is 12.2 Å². The summed E-state index contributed by atoms with van der Waals surface area (Å²) in [6, 6.07) is 4.72. The molecule has 1 aromatic rings. The summed E-state index contributed by atoms with van der Waals surface area (Å²) >= 11 is 5.31. The lowest BCUT2D eigenvalue weighted by Gasteiger charge is -2.46. The monoisotopic (exact) mass is 607 g/mol. The van der Waals surface area contributed by atoms with Gasteiger partial charge in [-0.15, -0.1) is 0 Å². The summed E-state index contributed by atoms with van der Waals surface area (Å²) in [6.07, 6.45) is 0.436. The normalized spacial score (nSPS) is 26.8. The molecule has 2 heterocycles. The summed E-state index contributed by atoms with van der Waals surface area (Å²) < 4.78 is 92.6. The van der Waals surface area contributed by atoms with Crippen LogP contribution in [0.25, 0.3) is 0 Å². The summed E-state index contributed by atoms with van der Waals surface area (Å²) in [5.74, 6) is -0.00275. The van der Waals surface area contributed by atoms with Crippen LogP contribution in [-0.4, -0.2) is 98.5 Å². The van der Waals surface area contributed by atoms with E-state index >= 15 is 0 Å². The highest BCUT2D eigenvalue weighted by Crippen LogP contribution is 2.39. The van der Waals surface area contributed by atoms with Crippen molar-refractivity contribution in [2.45, 2.75) is 44.1 Å². The number of thiocarbonyl (C=S) groups is 1. The van der Waals surface area contributed by atoms with Crippen molar-refractivity contribution < 1.29 is 35.1 Å². The summed E-state index contributed by atoms with van der Waals surface area (Å²) in [5, 5.41) is 10.0. The Labute approximate surface area is 232 Å². The highest BCUT2D eigenvalue weighted by atomic mass is 32.2. The highest BCUT2D eigenvalue weighted by molar-refractivity contribution is 7.96. The Hall–Kier alpha value is -1.84. The fourth-order valence-corrected chi connectivity index (χ4v) is 8.85. The molecule has 0 bridgehead atoms. The van der Waals surface area contributed by atoms with Gasteiger partial charge in [-0.1, -0.05) is 36.5 Å². The van der Waals surface area contributed by atoms with E-state index in [9.17, 15) is 35.1 Å². The van der Waals surface area contributed by atoms with Crippen LogP contribution in [0.1, 0.15) is 25.8 Å². The number of hydrogen-bond donors (Lipinski definition) is 1. The average molecular weight is 608 g/mol. The number of alkyl halides is 3. The van der Waals surface area contributed by atoms with Gasteiger partial charge in [0.25, 0.3) is 0 Å². The first-order valence-corrected chi connectivity index (χ1v) is 16.2. The maximum absolute atomic E-state index is 13.5. The number of allylic oxidation sites excluding steroid dienone is 4. The van der Waals surface area contributed by atoms with Gasteiger partial charge in [-0.05, 0) is 37.6 Å². The molecule has 3 atom stereocenters. The molecule has 1 N–H and O–H groups in total. The van der Waals surface area contributed by atoms with Gasteiger partial charge in [0.1, 0.15) is 0 Å². The maximum Gasteiger partial charge on any atom is 0.421 e. The molecule has 8 nitrogen and oxygen atoms in total. The lowest BCUT2D eigenvalue weighted by atomic mass is 9.95. The molecule has 0 radical (unpaired) electrons. The van der Waals surface area contributed by atoms with E-state index in [2.05, 4.69) is 0 Å². The minimum Gasteiger partial charge on any atom is -0.376 e. The number of anilines is 1. The van der Waals surface area contributed by atoms with Crippen molar-refractivity contribution >= 4 is 42.6 Å². The standard InChI is InChI=1S/C25H32F3N3O5S3/c1-18-17-38(33,34)14-13-29(18)15-21-16-30(39(35,36)23-6-4-3-5-22(23)37)11-12-31(21)20-9-7-19(8-10-20)24(2,32)25(26,27)28/h3-4,6-10,18,21,32H,5,11-17H2,1-2H3/t18?,21-,24?/m0/s1. The summed E-state index contributed by atoms with van der Waals surface area (Å²) in [7, 11) is -7.05. The molecule has 2 unspecified atom stereocenters. The third-order valence-corrected chi connectivity index (χ3v) is 11.9. The fraction of sp³-hybridized carbons (Fsp3) is 0.560. The number of benzene rings is 1. The molecule has 0 aromatic heterocycles. The lowest BCUT2D eigenvalue weighted by Crippen LogP contribution is -2.60. The molecule has 14 heteroatoms. The lowest BCUT2D eigenvalue weighted by molar-refractivity contribution is -0.258. The van der Waals surface area contributed by atoms with Crippen LogP contribution in [0, 0.1) is 0 Å². The van der Waals surface area contributed by atoms with Crippen LogP contribution < -0.4 is 4.90 Å². The SMILES string of the molecule is CC1CS(=O)(=O)CCN1C[C@H]1CN(S(=O)(=O)C2=CC=CCC2=S)CCN1c1ccc(C(C)(O)C(F)(F)F)cc1. The number of rotatable bonds is 6. The van der Waals surface area contributed by atoms with Crippen molar-refractivity contribution in [1.29, 1.82) is 0 Å². The van der Waals surface area contributed by atoms with Crippen molar-refractivity contribution in [3.8, 4) is 0 Å². The first-order chi connectivity index (χ1) is 18.0. The van der Waals surface area contributed by atoms with Gasteiger partial charge in [-0.2, -0.15) is 17.5 Å². The first kappa shape index (κ1) is 30.1.